The van der Waals surface area contributed by atoms with Crippen molar-refractivity contribution in [2.75, 3.05) is 5.75 Å². The average molecular weight is 524 g/mol. The number of nitrogens with zero attached hydrogens (tertiary/aromatic N) is 1. The molecule has 0 bridgehead atoms. The Balaban J connectivity index is 1.55. The Morgan fingerprint density at radius 2 is 1.67 bits per heavy atom. The van der Waals surface area contributed by atoms with E-state index in [0.717, 1.165) is 24.3 Å². The van der Waals surface area contributed by atoms with Crippen LogP contribution in [-0.4, -0.2) is 39.4 Å². The van der Waals surface area contributed by atoms with Crippen LogP contribution in [0.15, 0.2) is 42.6 Å². The molecule has 1 aliphatic carbocycles. The molecule has 1 heterocycles. The minimum atomic E-state index is -4.49. The van der Waals surface area contributed by atoms with Gasteiger partial charge in [0.05, 0.1) is 5.56 Å². The van der Waals surface area contributed by atoms with Crippen LogP contribution in [0.5, 0.6) is 17.4 Å². The van der Waals surface area contributed by atoms with E-state index in [1.165, 1.54) is 31.2 Å². The number of alkyl halides is 3. The second-order valence-corrected chi connectivity index (χ2v) is 10.5. The molecule has 0 N–H and O–H groups in total. The summed E-state index contributed by atoms with van der Waals surface area (Å²) in [6.45, 7) is 5.63. The molecule has 0 radical (unpaired) electrons. The first-order chi connectivity index (χ1) is 17.0. The zero-order chi connectivity index (χ0) is 26.5. The summed E-state index contributed by atoms with van der Waals surface area (Å²) in [5.74, 6) is -1.04. The van der Waals surface area contributed by atoms with Gasteiger partial charge in [-0.05, 0) is 55.3 Å². The van der Waals surface area contributed by atoms with Gasteiger partial charge in [0.2, 0.25) is 5.88 Å². The van der Waals surface area contributed by atoms with Gasteiger partial charge < -0.3 is 9.47 Å². The molecule has 194 valence electrons. The second kappa shape index (κ2) is 11.9. The molecule has 0 aliphatic heterocycles. The van der Waals surface area contributed by atoms with E-state index in [1.807, 2.05) is 0 Å². The van der Waals surface area contributed by atoms with E-state index in [9.17, 15) is 27.6 Å². The molecule has 6 nitrogen and oxygen atoms in total. The number of benzene rings is 1. The first kappa shape index (κ1) is 27.7. The Bertz CT molecular complexity index is 1050. The number of halogens is 3. The van der Waals surface area contributed by atoms with Crippen LogP contribution in [0.2, 0.25) is 0 Å². The summed E-state index contributed by atoms with van der Waals surface area (Å²) in [7, 11) is 0. The normalized spacial score (nSPS) is 20.1. The fourth-order valence-electron chi connectivity index (χ4n) is 4.17. The number of pyridine rings is 1. The molecule has 3 rings (SSSR count). The molecule has 0 spiro atoms. The number of hydrogen-bond acceptors (Lipinski definition) is 7. The molecule has 2 unspecified atom stereocenters. The zero-order valence-electron chi connectivity index (χ0n) is 20.2. The van der Waals surface area contributed by atoms with Crippen LogP contribution in [0.25, 0.3) is 0 Å². The third kappa shape index (κ3) is 7.32. The molecule has 0 amide bonds. The number of aromatic nitrogens is 1. The first-order valence-corrected chi connectivity index (χ1v) is 12.7. The standard InChI is InChI=1S/C26H28F3NO5S/c1-4-36-15(2)11-17-12-21(31)24(22(32)13-17)25(33)16(3)34-19-6-8-20(9-7-19)35-23-10-5-18(14-30-23)26(27,28)29/h5-10,14-17,24H,4,11-13H2,1-3H3. The quantitative estimate of drug-likeness (QED) is 0.357. The summed E-state index contributed by atoms with van der Waals surface area (Å²) in [5, 5.41) is 0.345. The highest BCUT2D eigenvalue weighted by Crippen LogP contribution is 2.32. The Labute approximate surface area is 212 Å². The summed E-state index contributed by atoms with van der Waals surface area (Å²) in [4.78, 5) is 41.8. The maximum atomic E-state index is 12.9. The fourth-order valence-corrected chi connectivity index (χ4v) is 5.15. The molecule has 1 saturated carbocycles. The minimum absolute atomic E-state index is 0.0180. The molecular formula is C26H28F3NO5S. The van der Waals surface area contributed by atoms with Crippen molar-refractivity contribution >= 4 is 29.1 Å². The third-order valence-electron chi connectivity index (χ3n) is 5.85. The van der Waals surface area contributed by atoms with Crippen LogP contribution < -0.4 is 9.47 Å². The SMILES string of the molecule is CCSC(C)CC1CC(=O)C(C(=O)C(C)Oc2ccc(Oc3ccc(C(F)(F)F)cn3)cc2)C(=O)C1. The number of carbonyl (C=O) groups is 3. The summed E-state index contributed by atoms with van der Waals surface area (Å²) in [6.07, 6.45) is -3.63. The predicted molar refractivity (Wildman–Crippen MR) is 129 cm³/mol. The van der Waals surface area contributed by atoms with Gasteiger partial charge in [-0.2, -0.15) is 24.9 Å². The number of ether oxygens (including phenoxy) is 2. The van der Waals surface area contributed by atoms with E-state index >= 15 is 0 Å². The summed E-state index contributed by atoms with van der Waals surface area (Å²) in [5.41, 5.74) is -0.882. The number of hydrogen-bond donors (Lipinski definition) is 0. The van der Waals surface area contributed by atoms with Gasteiger partial charge in [-0.25, -0.2) is 4.98 Å². The highest BCUT2D eigenvalue weighted by Gasteiger charge is 2.42. The van der Waals surface area contributed by atoms with Crippen LogP contribution in [0, 0.1) is 11.8 Å². The number of carbonyl (C=O) groups excluding carboxylic acids is 3. The summed E-state index contributed by atoms with van der Waals surface area (Å²) in [6, 6.07) is 8.01. The molecule has 1 aromatic heterocycles. The lowest BCUT2D eigenvalue weighted by atomic mass is 9.75. The summed E-state index contributed by atoms with van der Waals surface area (Å²) < 4.78 is 49.0. The van der Waals surface area contributed by atoms with Gasteiger partial charge in [0, 0.05) is 30.4 Å². The highest BCUT2D eigenvalue weighted by molar-refractivity contribution is 7.99. The van der Waals surface area contributed by atoms with Crippen molar-refractivity contribution in [3.8, 4) is 17.4 Å². The van der Waals surface area contributed by atoms with Gasteiger partial charge in [-0.15, -0.1) is 0 Å². The molecule has 10 heteroatoms. The number of thioether (sulfide) groups is 1. The fraction of sp³-hybridized carbons (Fsp3) is 0.462. The molecule has 1 aromatic carbocycles. The van der Waals surface area contributed by atoms with Crippen molar-refractivity contribution in [1.29, 1.82) is 0 Å². The van der Waals surface area contributed by atoms with Crippen LogP contribution >= 0.6 is 11.8 Å². The Morgan fingerprint density at radius 3 is 2.19 bits per heavy atom. The van der Waals surface area contributed by atoms with Crippen molar-refractivity contribution in [2.45, 2.75) is 57.6 Å². The van der Waals surface area contributed by atoms with Gasteiger partial charge in [0.1, 0.15) is 17.4 Å². The Kier molecular flexibility index (Phi) is 9.16. The number of ketones is 3. The smallest absolute Gasteiger partial charge is 0.417 e. The highest BCUT2D eigenvalue weighted by atomic mass is 32.2. The van der Waals surface area contributed by atoms with Gasteiger partial charge in [0.15, 0.2) is 23.5 Å². The molecule has 2 aromatic rings. The van der Waals surface area contributed by atoms with E-state index in [1.54, 1.807) is 11.8 Å². The van der Waals surface area contributed by atoms with Crippen LogP contribution in [-0.2, 0) is 20.6 Å². The third-order valence-corrected chi connectivity index (χ3v) is 6.94. The van der Waals surface area contributed by atoms with E-state index in [4.69, 9.17) is 9.47 Å². The number of Topliss-reactive ketones (excluding diaryl/α,β-unsaturated/α-hetero) is 3. The van der Waals surface area contributed by atoms with E-state index in [-0.39, 0.29) is 36.2 Å². The van der Waals surface area contributed by atoms with Crippen LogP contribution in [0.4, 0.5) is 13.2 Å². The van der Waals surface area contributed by atoms with Gasteiger partial charge >= 0.3 is 6.18 Å². The van der Waals surface area contributed by atoms with Crippen molar-refractivity contribution in [2.24, 2.45) is 11.8 Å². The molecular weight excluding hydrogens is 495 g/mol. The van der Waals surface area contributed by atoms with Crippen molar-refractivity contribution in [1.82, 2.24) is 4.98 Å². The Hall–Kier alpha value is -2.88. The lowest BCUT2D eigenvalue weighted by Gasteiger charge is -2.28. The first-order valence-electron chi connectivity index (χ1n) is 11.7. The van der Waals surface area contributed by atoms with E-state index in [0.29, 0.717) is 22.9 Å². The summed E-state index contributed by atoms with van der Waals surface area (Å²) >= 11 is 1.78. The van der Waals surface area contributed by atoms with Crippen molar-refractivity contribution in [3.05, 3.63) is 48.2 Å². The zero-order valence-corrected chi connectivity index (χ0v) is 21.0. The van der Waals surface area contributed by atoms with Gasteiger partial charge in [-0.1, -0.05) is 13.8 Å². The number of rotatable bonds is 10. The van der Waals surface area contributed by atoms with Crippen molar-refractivity contribution < 1.29 is 37.0 Å². The van der Waals surface area contributed by atoms with Crippen LogP contribution in [0.1, 0.15) is 45.6 Å². The van der Waals surface area contributed by atoms with Gasteiger partial charge in [-0.3, -0.25) is 14.4 Å². The molecule has 1 fully saturated rings. The maximum absolute atomic E-state index is 12.9. The van der Waals surface area contributed by atoms with E-state index in [2.05, 4.69) is 18.8 Å². The predicted octanol–water partition coefficient (Wildman–Crippen LogP) is 5.93. The topological polar surface area (TPSA) is 82.6 Å². The lowest BCUT2D eigenvalue weighted by Crippen LogP contribution is -2.44. The molecule has 1 aliphatic rings. The molecule has 36 heavy (non-hydrogen) atoms. The monoisotopic (exact) mass is 523 g/mol. The second-order valence-electron chi connectivity index (χ2n) is 8.76. The molecule has 0 saturated heterocycles. The van der Waals surface area contributed by atoms with Crippen LogP contribution in [0.3, 0.4) is 0 Å². The van der Waals surface area contributed by atoms with E-state index < -0.39 is 29.5 Å². The van der Waals surface area contributed by atoms with Gasteiger partial charge in [0.25, 0.3) is 0 Å². The average Bonchev–Trinajstić information content (AvgIpc) is 2.79. The maximum Gasteiger partial charge on any atom is 0.417 e. The molecule has 2 atom stereocenters. The van der Waals surface area contributed by atoms with Crippen molar-refractivity contribution in [3.63, 3.8) is 0 Å². The largest absolute Gasteiger partial charge is 0.483 e. The Morgan fingerprint density at radius 1 is 1.06 bits per heavy atom. The minimum Gasteiger partial charge on any atom is -0.483 e. The lowest BCUT2D eigenvalue weighted by molar-refractivity contribution is -0.146.